The average molecular weight is 290 g/mol. The molecule has 1 amide bonds. The van der Waals surface area contributed by atoms with Crippen LogP contribution in [0.15, 0.2) is 24.5 Å². The summed E-state index contributed by atoms with van der Waals surface area (Å²) in [4.78, 5) is 29.5. The normalized spacial score (nSPS) is 19.3. The third-order valence-electron chi connectivity index (χ3n) is 4.42. The van der Waals surface area contributed by atoms with Gasteiger partial charge in [0.05, 0.1) is 11.8 Å². The van der Waals surface area contributed by atoms with Gasteiger partial charge in [-0.1, -0.05) is 6.07 Å². The highest BCUT2D eigenvalue weighted by atomic mass is 16.4. The van der Waals surface area contributed by atoms with Crippen molar-refractivity contribution in [3.63, 3.8) is 0 Å². The molecule has 1 saturated heterocycles. The van der Waals surface area contributed by atoms with E-state index in [1.807, 2.05) is 12.1 Å². The zero-order chi connectivity index (χ0) is 15.5. The van der Waals surface area contributed by atoms with Crippen molar-refractivity contribution in [1.29, 1.82) is 0 Å². The summed E-state index contributed by atoms with van der Waals surface area (Å²) in [5.74, 6) is -0.746. The topological polar surface area (TPSA) is 70.5 Å². The van der Waals surface area contributed by atoms with Gasteiger partial charge in [-0.05, 0) is 44.2 Å². The van der Waals surface area contributed by atoms with Crippen LogP contribution in [0, 0.1) is 11.3 Å². The Labute approximate surface area is 125 Å². The van der Waals surface area contributed by atoms with Crippen molar-refractivity contribution in [2.24, 2.45) is 11.3 Å². The van der Waals surface area contributed by atoms with Crippen LogP contribution in [0.5, 0.6) is 0 Å². The number of likely N-dealkylation sites (tertiary alicyclic amines) is 1. The molecule has 1 unspecified atom stereocenters. The van der Waals surface area contributed by atoms with Crippen LogP contribution in [-0.4, -0.2) is 40.0 Å². The average Bonchev–Trinajstić information content (AvgIpc) is 2.48. The van der Waals surface area contributed by atoms with Crippen molar-refractivity contribution in [2.45, 2.75) is 33.1 Å². The van der Waals surface area contributed by atoms with E-state index in [-0.39, 0.29) is 11.8 Å². The zero-order valence-corrected chi connectivity index (χ0v) is 12.6. The van der Waals surface area contributed by atoms with Crippen LogP contribution in [0.3, 0.4) is 0 Å². The second kappa shape index (κ2) is 6.24. The smallest absolute Gasteiger partial charge is 0.309 e. The Morgan fingerprint density at radius 1 is 1.48 bits per heavy atom. The summed E-state index contributed by atoms with van der Waals surface area (Å²) < 4.78 is 0. The molecule has 2 heterocycles. The van der Waals surface area contributed by atoms with Gasteiger partial charge >= 0.3 is 5.97 Å². The van der Waals surface area contributed by atoms with Crippen LogP contribution in [-0.2, 0) is 16.0 Å². The molecule has 0 aliphatic carbocycles. The number of carboxylic acid groups (broad SMARTS) is 1. The minimum atomic E-state index is -0.798. The van der Waals surface area contributed by atoms with Crippen molar-refractivity contribution in [1.82, 2.24) is 9.88 Å². The summed E-state index contributed by atoms with van der Waals surface area (Å²) in [7, 11) is 0. The summed E-state index contributed by atoms with van der Waals surface area (Å²) in [5, 5.41) is 9.34. The summed E-state index contributed by atoms with van der Waals surface area (Å²) in [6, 6.07) is 3.70. The van der Waals surface area contributed by atoms with E-state index in [0.29, 0.717) is 19.5 Å². The SMILES string of the molecule is CC(C)(C(=O)O)C1CCCN(C(=O)Cc2cccnc2)C1. The number of carbonyl (C=O) groups excluding carboxylic acids is 1. The fourth-order valence-electron chi connectivity index (χ4n) is 2.76. The first-order valence-electron chi connectivity index (χ1n) is 7.31. The van der Waals surface area contributed by atoms with Gasteiger partial charge in [0.15, 0.2) is 0 Å². The standard InChI is InChI=1S/C16H22N2O3/c1-16(2,15(20)21)13-6-4-8-18(11-13)14(19)9-12-5-3-7-17-10-12/h3,5,7,10,13H,4,6,8-9,11H2,1-2H3,(H,20,21). The number of carbonyl (C=O) groups is 2. The molecule has 21 heavy (non-hydrogen) atoms. The molecule has 1 fully saturated rings. The van der Waals surface area contributed by atoms with Crippen LogP contribution < -0.4 is 0 Å². The van der Waals surface area contributed by atoms with Gasteiger partial charge in [0, 0.05) is 25.5 Å². The maximum absolute atomic E-state index is 12.4. The number of pyridine rings is 1. The van der Waals surface area contributed by atoms with Crippen LogP contribution in [0.1, 0.15) is 32.3 Å². The van der Waals surface area contributed by atoms with Crippen LogP contribution in [0.4, 0.5) is 0 Å². The fraction of sp³-hybridized carbons (Fsp3) is 0.562. The van der Waals surface area contributed by atoms with Crippen molar-refractivity contribution in [2.75, 3.05) is 13.1 Å². The minimum Gasteiger partial charge on any atom is -0.481 e. The highest BCUT2D eigenvalue weighted by Crippen LogP contribution is 2.34. The highest BCUT2D eigenvalue weighted by Gasteiger charge is 2.39. The van der Waals surface area contributed by atoms with Gasteiger partial charge in [-0.3, -0.25) is 14.6 Å². The monoisotopic (exact) mass is 290 g/mol. The third-order valence-corrected chi connectivity index (χ3v) is 4.42. The van der Waals surface area contributed by atoms with Crippen LogP contribution >= 0.6 is 0 Å². The van der Waals surface area contributed by atoms with Crippen molar-refractivity contribution >= 4 is 11.9 Å². The molecule has 0 spiro atoms. The van der Waals surface area contributed by atoms with Gasteiger partial charge in [0.1, 0.15) is 0 Å². The molecule has 1 atom stereocenters. The minimum absolute atomic E-state index is 0.00148. The Bertz CT molecular complexity index is 514. The summed E-state index contributed by atoms with van der Waals surface area (Å²) in [6.07, 6.45) is 5.42. The third kappa shape index (κ3) is 3.60. The number of hydrogen-bond donors (Lipinski definition) is 1. The number of carboxylic acids is 1. The Kier molecular flexibility index (Phi) is 4.60. The van der Waals surface area contributed by atoms with E-state index < -0.39 is 11.4 Å². The quantitative estimate of drug-likeness (QED) is 0.920. The van der Waals surface area contributed by atoms with E-state index in [1.54, 1.807) is 31.1 Å². The number of aromatic nitrogens is 1. The first kappa shape index (κ1) is 15.5. The van der Waals surface area contributed by atoms with E-state index in [0.717, 1.165) is 18.4 Å². The van der Waals surface area contributed by atoms with Crippen molar-refractivity contribution in [3.05, 3.63) is 30.1 Å². The molecule has 0 saturated carbocycles. The van der Waals surface area contributed by atoms with E-state index in [4.69, 9.17) is 0 Å². The Hall–Kier alpha value is -1.91. The molecule has 0 radical (unpaired) electrons. The number of hydrogen-bond acceptors (Lipinski definition) is 3. The van der Waals surface area contributed by atoms with Crippen molar-refractivity contribution < 1.29 is 14.7 Å². The van der Waals surface area contributed by atoms with Gasteiger partial charge in [0.25, 0.3) is 0 Å². The maximum Gasteiger partial charge on any atom is 0.309 e. The zero-order valence-electron chi connectivity index (χ0n) is 12.6. The molecule has 0 aromatic carbocycles. The Morgan fingerprint density at radius 3 is 2.86 bits per heavy atom. The number of piperidine rings is 1. The Morgan fingerprint density at radius 2 is 2.24 bits per heavy atom. The number of rotatable bonds is 4. The number of aliphatic carboxylic acids is 1. The van der Waals surface area contributed by atoms with Gasteiger partial charge in [-0.2, -0.15) is 0 Å². The first-order chi connectivity index (χ1) is 9.91. The van der Waals surface area contributed by atoms with Crippen LogP contribution in [0.2, 0.25) is 0 Å². The molecular formula is C16H22N2O3. The van der Waals surface area contributed by atoms with Crippen molar-refractivity contribution in [3.8, 4) is 0 Å². The summed E-state index contributed by atoms with van der Waals surface area (Å²) >= 11 is 0. The lowest BCUT2D eigenvalue weighted by Crippen LogP contribution is -2.47. The lowest BCUT2D eigenvalue weighted by molar-refractivity contribution is -0.153. The molecule has 5 heteroatoms. The molecule has 114 valence electrons. The van der Waals surface area contributed by atoms with Gasteiger partial charge in [-0.15, -0.1) is 0 Å². The predicted octanol–water partition coefficient (Wildman–Crippen LogP) is 1.97. The second-order valence-electron chi connectivity index (χ2n) is 6.24. The number of amides is 1. The second-order valence-corrected chi connectivity index (χ2v) is 6.24. The van der Waals surface area contributed by atoms with Gasteiger partial charge in [-0.25, -0.2) is 0 Å². The lowest BCUT2D eigenvalue weighted by Gasteiger charge is -2.39. The molecule has 1 N–H and O–H groups in total. The summed E-state index contributed by atoms with van der Waals surface area (Å²) in [5.41, 5.74) is 0.0925. The van der Waals surface area contributed by atoms with E-state index in [1.165, 1.54) is 0 Å². The molecule has 2 rings (SSSR count). The van der Waals surface area contributed by atoms with E-state index in [2.05, 4.69) is 4.98 Å². The molecule has 5 nitrogen and oxygen atoms in total. The fourth-order valence-corrected chi connectivity index (χ4v) is 2.76. The van der Waals surface area contributed by atoms with E-state index in [9.17, 15) is 14.7 Å². The van der Waals surface area contributed by atoms with Gasteiger partial charge < -0.3 is 10.0 Å². The molecule has 1 aliphatic heterocycles. The van der Waals surface area contributed by atoms with Gasteiger partial charge in [0.2, 0.25) is 5.91 Å². The molecule has 1 aromatic heterocycles. The highest BCUT2D eigenvalue weighted by molar-refractivity contribution is 5.79. The summed E-state index contributed by atoms with van der Waals surface area (Å²) in [6.45, 7) is 4.73. The molecule has 0 bridgehead atoms. The van der Waals surface area contributed by atoms with Crippen LogP contribution in [0.25, 0.3) is 0 Å². The molecule has 1 aliphatic rings. The molecule has 1 aromatic rings. The predicted molar refractivity (Wildman–Crippen MR) is 78.7 cm³/mol. The van der Waals surface area contributed by atoms with E-state index >= 15 is 0 Å². The largest absolute Gasteiger partial charge is 0.481 e. The first-order valence-corrected chi connectivity index (χ1v) is 7.31. The Balaban J connectivity index is 2.01. The lowest BCUT2D eigenvalue weighted by atomic mass is 9.74. The maximum atomic E-state index is 12.4. The number of nitrogens with zero attached hydrogens (tertiary/aromatic N) is 2. The molecular weight excluding hydrogens is 268 g/mol.